The van der Waals surface area contributed by atoms with Crippen molar-refractivity contribution in [3.63, 3.8) is 0 Å². The van der Waals surface area contributed by atoms with E-state index in [-0.39, 0.29) is 5.84 Å². The summed E-state index contributed by atoms with van der Waals surface area (Å²) < 4.78 is 0.903. The number of nitrogens with zero attached hydrogens (tertiary/aromatic N) is 2. The highest BCUT2D eigenvalue weighted by atomic mass is 32.2. The van der Waals surface area contributed by atoms with Gasteiger partial charge in [-0.05, 0) is 22.9 Å². The van der Waals surface area contributed by atoms with Crippen LogP contribution in [0.4, 0.5) is 0 Å². The summed E-state index contributed by atoms with van der Waals surface area (Å²) in [5.41, 5.74) is 8.10. The Hall–Kier alpha value is -1.92. The van der Waals surface area contributed by atoms with Gasteiger partial charge in [-0.2, -0.15) is 0 Å². The Labute approximate surface area is 118 Å². The van der Waals surface area contributed by atoms with Crippen LogP contribution in [0.3, 0.4) is 0 Å². The van der Waals surface area contributed by atoms with E-state index in [1.54, 1.807) is 17.3 Å². The Kier molecular flexibility index (Phi) is 3.18. The molecule has 6 heteroatoms. The molecule has 0 radical (unpaired) electrons. The number of hydrogen-bond donors (Lipinski definition) is 2. The molecule has 0 aliphatic heterocycles. The van der Waals surface area contributed by atoms with E-state index in [9.17, 15) is 0 Å². The molecule has 3 rings (SSSR count). The average Bonchev–Trinajstić information content (AvgIpc) is 2.91. The van der Waals surface area contributed by atoms with Crippen molar-refractivity contribution >= 4 is 39.7 Å². The molecule has 0 saturated carbocycles. The fourth-order valence-electron chi connectivity index (χ4n) is 1.90. The van der Waals surface area contributed by atoms with Gasteiger partial charge in [0.05, 0.1) is 0 Å². The van der Waals surface area contributed by atoms with Gasteiger partial charge < -0.3 is 5.73 Å². The number of nitrogens with two attached hydrogens (primary N) is 1. The van der Waals surface area contributed by atoms with Gasteiger partial charge in [0.25, 0.3) is 0 Å². The van der Waals surface area contributed by atoms with E-state index in [2.05, 4.69) is 10.2 Å². The van der Waals surface area contributed by atoms with Gasteiger partial charge in [-0.3, -0.25) is 5.41 Å². The molecule has 1 aromatic heterocycles. The first kappa shape index (κ1) is 12.1. The number of amidine groups is 1. The van der Waals surface area contributed by atoms with Crippen LogP contribution in [-0.4, -0.2) is 16.0 Å². The molecule has 1 heterocycles. The lowest BCUT2D eigenvalue weighted by Crippen LogP contribution is -2.11. The molecule has 0 spiro atoms. The molecule has 0 atom stereocenters. The lowest BCUT2D eigenvalue weighted by atomic mass is 10.0. The topological polar surface area (TPSA) is 75.7 Å². The average molecular weight is 286 g/mol. The van der Waals surface area contributed by atoms with Gasteiger partial charge >= 0.3 is 0 Å². The third-order valence-electron chi connectivity index (χ3n) is 2.71. The molecule has 19 heavy (non-hydrogen) atoms. The van der Waals surface area contributed by atoms with E-state index in [4.69, 9.17) is 11.1 Å². The van der Waals surface area contributed by atoms with Gasteiger partial charge in [0, 0.05) is 10.5 Å². The van der Waals surface area contributed by atoms with Gasteiger partial charge in [0.15, 0.2) is 4.34 Å². The maximum atomic E-state index is 7.63. The molecule has 0 saturated heterocycles. The predicted octanol–water partition coefficient (Wildman–Crippen LogP) is 3.13. The van der Waals surface area contributed by atoms with Crippen LogP contribution >= 0.6 is 23.1 Å². The van der Waals surface area contributed by atoms with E-state index in [0.717, 1.165) is 25.6 Å². The minimum atomic E-state index is 0.0867. The molecular weight excluding hydrogens is 276 g/mol. The number of aromatic nitrogens is 2. The fourth-order valence-corrected chi connectivity index (χ4v) is 3.47. The van der Waals surface area contributed by atoms with E-state index in [0.29, 0.717) is 0 Å². The first-order valence-electron chi connectivity index (χ1n) is 5.56. The standard InChI is InChI=1S/C13H10N4S2/c14-12(15)10-5-6-11(19-13-17-16-7-18-13)9-4-2-1-3-8(9)10/h1-7H,(H3,14,15). The first-order valence-corrected chi connectivity index (χ1v) is 7.25. The molecule has 3 N–H and O–H groups in total. The summed E-state index contributed by atoms with van der Waals surface area (Å²) in [6.07, 6.45) is 0. The zero-order valence-corrected chi connectivity index (χ0v) is 11.5. The number of rotatable bonds is 3. The maximum Gasteiger partial charge on any atom is 0.178 e. The van der Waals surface area contributed by atoms with Crippen molar-refractivity contribution in [2.45, 2.75) is 9.24 Å². The van der Waals surface area contributed by atoms with E-state index >= 15 is 0 Å². The van der Waals surface area contributed by atoms with Gasteiger partial charge in [-0.15, -0.1) is 10.2 Å². The third-order valence-corrected chi connectivity index (χ3v) is 4.57. The van der Waals surface area contributed by atoms with Gasteiger partial charge in [-0.25, -0.2) is 0 Å². The molecule has 94 valence electrons. The van der Waals surface area contributed by atoms with Crippen molar-refractivity contribution in [3.8, 4) is 0 Å². The van der Waals surface area contributed by atoms with Crippen LogP contribution in [0.15, 0.2) is 51.1 Å². The minimum absolute atomic E-state index is 0.0867. The molecule has 0 bridgehead atoms. The molecule has 0 fully saturated rings. The van der Waals surface area contributed by atoms with Gasteiger partial charge in [-0.1, -0.05) is 47.4 Å². The summed E-state index contributed by atoms with van der Waals surface area (Å²) in [6, 6.07) is 11.8. The van der Waals surface area contributed by atoms with Crippen LogP contribution in [0.2, 0.25) is 0 Å². The largest absolute Gasteiger partial charge is 0.384 e. The fraction of sp³-hybridized carbons (Fsp3) is 0. The Morgan fingerprint density at radius 3 is 2.63 bits per heavy atom. The highest BCUT2D eigenvalue weighted by molar-refractivity contribution is 8.01. The summed E-state index contributed by atoms with van der Waals surface area (Å²) in [6.45, 7) is 0. The van der Waals surface area contributed by atoms with Crippen molar-refractivity contribution in [1.29, 1.82) is 5.41 Å². The van der Waals surface area contributed by atoms with Gasteiger partial charge in [0.1, 0.15) is 11.3 Å². The van der Waals surface area contributed by atoms with Crippen molar-refractivity contribution in [1.82, 2.24) is 10.2 Å². The molecule has 0 amide bonds. The normalized spacial score (nSPS) is 10.7. The second-order valence-corrected chi connectivity index (χ2v) is 6.00. The second-order valence-electron chi connectivity index (χ2n) is 3.88. The number of benzene rings is 2. The maximum absolute atomic E-state index is 7.63. The molecule has 4 nitrogen and oxygen atoms in total. The zero-order chi connectivity index (χ0) is 13.2. The van der Waals surface area contributed by atoms with Crippen molar-refractivity contribution < 1.29 is 0 Å². The SMILES string of the molecule is N=C(N)c1ccc(Sc2nncs2)c2ccccc12. The summed E-state index contributed by atoms with van der Waals surface area (Å²) in [4.78, 5) is 1.09. The first-order chi connectivity index (χ1) is 9.25. The zero-order valence-electron chi connectivity index (χ0n) is 9.83. The number of nitrogen functional groups attached to an aromatic ring is 1. The highest BCUT2D eigenvalue weighted by Crippen LogP contribution is 2.35. The number of nitrogens with one attached hydrogen (secondary N) is 1. The van der Waals surface area contributed by atoms with E-state index in [1.807, 2.05) is 36.4 Å². The molecule has 2 aromatic carbocycles. The number of hydrogen-bond acceptors (Lipinski definition) is 5. The van der Waals surface area contributed by atoms with Crippen molar-refractivity contribution in [2.75, 3.05) is 0 Å². The molecule has 3 aromatic rings. The highest BCUT2D eigenvalue weighted by Gasteiger charge is 2.09. The Bertz CT molecular complexity index is 737. The summed E-state index contributed by atoms with van der Waals surface area (Å²) in [5, 5.41) is 17.6. The Morgan fingerprint density at radius 2 is 1.95 bits per heavy atom. The molecule has 0 unspecified atom stereocenters. The molecular formula is C13H10N4S2. The third kappa shape index (κ3) is 2.32. The van der Waals surface area contributed by atoms with Crippen LogP contribution < -0.4 is 5.73 Å². The summed E-state index contributed by atoms with van der Waals surface area (Å²) in [7, 11) is 0. The molecule has 0 aliphatic carbocycles. The monoisotopic (exact) mass is 286 g/mol. The summed E-state index contributed by atoms with van der Waals surface area (Å²) in [5.74, 6) is 0.0867. The Balaban J connectivity index is 2.16. The van der Waals surface area contributed by atoms with Crippen LogP contribution in [0.1, 0.15) is 5.56 Å². The quantitative estimate of drug-likeness (QED) is 0.573. The predicted molar refractivity (Wildman–Crippen MR) is 79.0 cm³/mol. The summed E-state index contributed by atoms with van der Waals surface area (Å²) >= 11 is 3.09. The van der Waals surface area contributed by atoms with E-state index in [1.165, 1.54) is 11.3 Å². The lowest BCUT2D eigenvalue weighted by molar-refractivity contribution is 1.01. The number of fused-ring (bicyclic) bond motifs is 1. The second kappa shape index (κ2) is 4.99. The lowest BCUT2D eigenvalue weighted by Gasteiger charge is -2.08. The molecule has 0 aliphatic rings. The van der Waals surface area contributed by atoms with E-state index < -0.39 is 0 Å². The minimum Gasteiger partial charge on any atom is -0.384 e. The van der Waals surface area contributed by atoms with Crippen LogP contribution in [0.5, 0.6) is 0 Å². The Morgan fingerprint density at radius 1 is 1.16 bits per heavy atom. The van der Waals surface area contributed by atoms with Crippen LogP contribution in [0, 0.1) is 5.41 Å². The smallest absolute Gasteiger partial charge is 0.178 e. The van der Waals surface area contributed by atoms with Crippen molar-refractivity contribution in [3.05, 3.63) is 47.5 Å². The van der Waals surface area contributed by atoms with Crippen LogP contribution in [-0.2, 0) is 0 Å². The van der Waals surface area contributed by atoms with Gasteiger partial charge in [0.2, 0.25) is 0 Å². The van der Waals surface area contributed by atoms with Crippen molar-refractivity contribution in [2.24, 2.45) is 5.73 Å². The van der Waals surface area contributed by atoms with Crippen LogP contribution in [0.25, 0.3) is 10.8 Å².